The van der Waals surface area contributed by atoms with Gasteiger partial charge in [-0.2, -0.15) is 10.2 Å². The Labute approximate surface area is 223 Å². The van der Waals surface area contributed by atoms with Crippen molar-refractivity contribution in [2.45, 2.75) is 33.4 Å². The fourth-order valence-corrected chi connectivity index (χ4v) is 4.45. The number of hydrogen-bond donors (Lipinski definition) is 1. The first-order chi connectivity index (χ1) is 17.7. The molecule has 0 spiro atoms. The third-order valence-corrected chi connectivity index (χ3v) is 6.58. The van der Waals surface area contributed by atoms with Crippen molar-refractivity contribution < 1.29 is 19.1 Å². The van der Waals surface area contributed by atoms with Crippen LogP contribution in [-0.2, 0) is 16.1 Å². The molecule has 12 heteroatoms. The second-order valence-corrected chi connectivity index (χ2v) is 9.72. The first-order valence-electron chi connectivity index (χ1n) is 12.1. The third-order valence-electron chi connectivity index (χ3n) is 6.17. The summed E-state index contributed by atoms with van der Waals surface area (Å²) in [5, 5.41) is 11.6. The zero-order valence-electron chi connectivity index (χ0n) is 21.1. The average Bonchev–Trinajstić information content (AvgIpc) is 3.47. The maximum Gasteiger partial charge on any atom is 0.409 e. The van der Waals surface area contributed by atoms with Gasteiger partial charge in [-0.05, 0) is 54.4 Å². The van der Waals surface area contributed by atoms with E-state index in [2.05, 4.69) is 31.4 Å². The van der Waals surface area contributed by atoms with Gasteiger partial charge in [0.2, 0.25) is 5.91 Å². The molecule has 0 aliphatic carbocycles. The molecule has 4 rings (SSSR count). The van der Waals surface area contributed by atoms with Gasteiger partial charge in [0, 0.05) is 44.1 Å². The van der Waals surface area contributed by atoms with E-state index in [0.29, 0.717) is 56.3 Å². The summed E-state index contributed by atoms with van der Waals surface area (Å²) < 4.78 is 9.27. The lowest BCUT2D eigenvalue weighted by Gasteiger charge is -2.35. The van der Waals surface area contributed by atoms with E-state index in [1.54, 1.807) is 58.4 Å². The predicted molar refractivity (Wildman–Crippen MR) is 140 cm³/mol. The van der Waals surface area contributed by atoms with Crippen molar-refractivity contribution in [2.75, 3.05) is 38.1 Å². The van der Waals surface area contributed by atoms with E-state index in [9.17, 15) is 14.4 Å². The van der Waals surface area contributed by atoms with E-state index in [1.165, 1.54) is 0 Å². The first kappa shape index (κ1) is 26.4. The van der Waals surface area contributed by atoms with Crippen molar-refractivity contribution in [3.8, 4) is 0 Å². The summed E-state index contributed by atoms with van der Waals surface area (Å²) in [6, 6.07) is 6.79. The van der Waals surface area contributed by atoms with Gasteiger partial charge in [-0.15, -0.1) is 0 Å². The highest BCUT2D eigenvalue weighted by Crippen LogP contribution is 2.20. The number of ether oxygens (including phenoxy) is 1. The van der Waals surface area contributed by atoms with Crippen LogP contribution in [-0.4, -0.2) is 80.1 Å². The summed E-state index contributed by atoms with van der Waals surface area (Å²) in [7, 11) is 0. The van der Waals surface area contributed by atoms with Crippen molar-refractivity contribution in [2.24, 2.45) is 0 Å². The molecule has 0 saturated carbocycles. The Balaban J connectivity index is 1.37. The molecular weight excluding hydrogens is 542 g/mol. The number of anilines is 1. The molecule has 3 amide bonds. The van der Waals surface area contributed by atoms with Gasteiger partial charge >= 0.3 is 6.09 Å². The lowest BCUT2D eigenvalue weighted by Crippen LogP contribution is -2.52. The Bertz CT molecular complexity index is 1280. The summed E-state index contributed by atoms with van der Waals surface area (Å²) in [4.78, 5) is 41.3. The minimum absolute atomic E-state index is 0.0955. The monoisotopic (exact) mass is 571 g/mol. The van der Waals surface area contributed by atoms with Gasteiger partial charge in [0.25, 0.3) is 5.91 Å². The molecule has 11 nitrogen and oxygen atoms in total. The topological polar surface area (TPSA) is 115 Å². The van der Waals surface area contributed by atoms with E-state index in [-0.39, 0.29) is 17.9 Å². The van der Waals surface area contributed by atoms with Gasteiger partial charge in [-0.25, -0.2) is 4.79 Å². The highest BCUT2D eigenvalue weighted by atomic mass is 79.9. The fraction of sp³-hybridized carbons (Fsp3) is 0.400. The van der Waals surface area contributed by atoms with Crippen molar-refractivity contribution in [1.29, 1.82) is 0 Å². The number of rotatable bonds is 7. The number of carbonyl (C=O) groups excluding carboxylic acids is 3. The largest absolute Gasteiger partial charge is 0.450 e. The Hall–Kier alpha value is -3.67. The lowest BCUT2D eigenvalue weighted by molar-refractivity contribution is -0.136. The maximum absolute atomic E-state index is 13.1. The van der Waals surface area contributed by atoms with E-state index < -0.39 is 6.04 Å². The molecule has 3 heterocycles. The van der Waals surface area contributed by atoms with Gasteiger partial charge in [0.1, 0.15) is 6.04 Å². The second-order valence-electron chi connectivity index (χ2n) is 8.81. The SMILES string of the molecule is CCOC(=O)N1CCN(C(=O)C(C)n2cc(NC(=O)c3cccc(Cn4cc(Br)cn4)c3)c(C)n2)CC1. The van der Waals surface area contributed by atoms with E-state index in [1.807, 2.05) is 24.4 Å². The Morgan fingerprint density at radius 1 is 1.14 bits per heavy atom. The predicted octanol–water partition coefficient (Wildman–Crippen LogP) is 3.31. The van der Waals surface area contributed by atoms with Crippen LogP contribution in [0.5, 0.6) is 0 Å². The van der Waals surface area contributed by atoms with Crippen LogP contribution in [0, 0.1) is 6.92 Å². The molecule has 3 aromatic rings. The molecule has 1 aliphatic heterocycles. The third kappa shape index (κ3) is 6.37. The summed E-state index contributed by atoms with van der Waals surface area (Å²) in [6.45, 7) is 7.89. The van der Waals surface area contributed by atoms with Crippen LogP contribution >= 0.6 is 15.9 Å². The molecule has 37 heavy (non-hydrogen) atoms. The normalized spacial score (nSPS) is 14.4. The number of amides is 3. The molecule has 1 fully saturated rings. The quantitative estimate of drug-likeness (QED) is 0.465. The summed E-state index contributed by atoms with van der Waals surface area (Å²) >= 11 is 3.39. The number of benzene rings is 1. The van der Waals surface area contributed by atoms with Crippen LogP contribution in [0.1, 0.15) is 41.5 Å². The molecule has 1 atom stereocenters. The van der Waals surface area contributed by atoms with Crippen LogP contribution in [0.25, 0.3) is 0 Å². The van der Waals surface area contributed by atoms with Crippen LogP contribution in [0.2, 0.25) is 0 Å². The second kappa shape index (κ2) is 11.6. The van der Waals surface area contributed by atoms with Crippen LogP contribution in [0.4, 0.5) is 10.5 Å². The van der Waals surface area contributed by atoms with Crippen LogP contribution in [0.15, 0.2) is 47.3 Å². The molecule has 1 aliphatic rings. The van der Waals surface area contributed by atoms with E-state index in [4.69, 9.17) is 4.74 Å². The number of hydrogen-bond acceptors (Lipinski definition) is 6. The van der Waals surface area contributed by atoms with Crippen molar-refractivity contribution in [1.82, 2.24) is 29.4 Å². The fourth-order valence-electron chi connectivity index (χ4n) is 4.12. The lowest BCUT2D eigenvalue weighted by atomic mass is 10.1. The summed E-state index contributed by atoms with van der Waals surface area (Å²) in [5.74, 6) is -0.359. The number of nitrogens with zero attached hydrogens (tertiary/aromatic N) is 6. The van der Waals surface area contributed by atoms with Crippen molar-refractivity contribution in [3.05, 3.63) is 64.1 Å². The molecule has 1 saturated heterocycles. The number of piperazine rings is 1. The van der Waals surface area contributed by atoms with Crippen molar-refractivity contribution >= 4 is 39.5 Å². The smallest absolute Gasteiger partial charge is 0.409 e. The van der Waals surface area contributed by atoms with Crippen molar-refractivity contribution in [3.63, 3.8) is 0 Å². The Kier molecular flexibility index (Phi) is 8.27. The van der Waals surface area contributed by atoms with Crippen LogP contribution < -0.4 is 5.32 Å². The number of nitrogens with one attached hydrogen (secondary N) is 1. The number of carbonyl (C=O) groups is 3. The van der Waals surface area contributed by atoms with Gasteiger partial charge in [0.15, 0.2) is 0 Å². The van der Waals surface area contributed by atoms with Gasteiger partial charge < -0.3 is 19.9 Å². The molecule has 0 bridgehead atoms. The molecule has 1 N–H and O–H groups in total. The Morgan fingerprint density at radius 2 is 1.86 bits per heavy atom. The highest BCUT2D eigenvalue weighted by molar-refractivity contribution is 9.10. The molecule has 196 valence electrons. The first-order valence-corrected chi connectivity index (χ1v) is 12.9. The highest BCUT2D eigenvalue weighted by Gasteiger charge is 2.29. The molecular formula is C25H30BrN7O4. The maximum atomic E-state index is 13.1. The summed E-state index contributed by atoms with van der Waals surface area (Å²) in [5.41, 5.74) is 2.60. The van der Waals surface area contributed by atoms with Crippen LogP contribution in [0.3, 0.4) is 0 Å². The minimum Gasteiger partial charge on any atom is -0.450 e. The molecule has 0 radical (unpaired) electrons. The van der Waals surface area contributed by atoms with E-state index >= 15 is 0 Å². The average molecular weight is 572 g/mol. The number of aryl methyl sites for hydroxylation is 1. The van der Waals surface area contributed by atoms with Gasteiger partial charge in [0.05, 0.1) is 35.2 Å². The zero-order chi connectivity index (χ0) is 26.5. The molecule has 1 unspecified atom stereocenters. The minimum atomic E-state index is -0.560. The summed E-state index contributed by atoms with van der Waals surface area (Å²) in [6.07, 6.45) is 4.90. The standard InChI is InChI=1S/C25H30BrN7O4/c1-4-37-25(36)31-10-8-30(9-11-31)24(35)18(3)33-16-22(17(2)29-33)28-23(34)20-7-5-6-19(12-20)14-32-15-21(26)13-27-32/h5-7,12-13,15-16,18H,4,8-11,14H2,1-3H3,(H,28,34). The van der Waals surface area contributed by atoms with E-state index in [0.717, 1.165) is 10.0 Å². The molecule has 1 aromatic carbocycles. The molecule has 2 aromatic heterocycles. The number of aromatic nitrogens is 4. The zero-order valence-corrected chi connectivity index (χ0v) is 22.6. The van der Waals surface area contributed by atoms with Gasteiger partial charge in [-0.1, -0.05) is 12.1 Å². The Morgan fingerprint density at radius 3 is 2.54 bits per heavy atom. The number of halogens is 1. The van der Waals surface area contributed by atoms with Gasteiger partial charge in [-0.3, -0.25) is 19.0 Å².